The molecule has 2 rings (SSSR count). The van der Waals surface area contributed by atoms with Gasteiger partial charge < -0.3 is 9.57 Å². The van der Waals surface area contributed by atoms with Gasteiger partial charge in [0.05, 0.1) is 20.1 Å². The van der Waals surface area contributed by atoms with E-state index in [0.717, 1.165) is 42.6 Å². The molecule has 1 heterocycles. The fourth-order valence-corrected chi connectivity index (χ4v) is 4.19. The molecule has 0 amide bonds. The summed E-state index contributed by atoms with van der Waals surface area (Å²) in [5.74, 6) is -0.0894. The lowest BCUT2D eigenvalue weighted by Crippen LogP contribution is -2.34. The van der Waals surface area contributed by atoms with Gasteiger partial charge in [-0.05, 0) is 62.6 Å². The minimum atomic E-state index is -0.354. The molecule has 0 radical (unpaired) electrons. The first-order valence-electron chi connectivity index (χ1n) is 9.79. The third-order valence-corrected chi connectivity index (χ3v) is 5.67. The average molecular weight is 376 g/mol. The molecule has 1 aliphatic rings. The Hall–Kier alpha value is -1.72. The van der Waals surface area contributed by atoms with E-state index in [-0.39, 0.29) is 24.1 Å². The number of carbonyl (C=O) groups excluding carboxylic acids is 2. The fraction of sp³-hybridized carbons (Fsp3) is 0.636. The maximum atomic E-state index is 12.7. The van der Waals surface area contributed by atoms with E-state index in [4.69, 9.17) is 9.57 Å². The number of ketones is 1. The van der Waals surface area contributed by atoms with Gasteiger partial charge in [-0.3, -0.25) is 9.59 Å². The Labute approximate surface area is 163 Å². The van der Waals surface area contributed by atoms with Crippen molar-refractivity contribution in [3.8, 4) is 0 Å². The number of piperidine rings is 1. The number of aryl methyl sites for hydroxylation is 3. The van der Waals surface area contributed by atoms with Crippen LogP contribution in [0.1, 0.15) is 47.9 Å². The number of hydrogen-bond donors (Lipinski definition) is 0. The molecule has 150 valence electrons. The summed E-state index contributed by atoms with van der Waals surface area (Å²) in [5, 5.41) is 1.94. The predicted molar refractivity (Wildman–Crippen MR) is 105 cm³/mol. The van der Waals surface area contributed by atoms with Crippen molar-refractivity contribution in [1.82, 2.24) is 5.06 Å². The molecule has 1 aromatic rings. The molecule has 0 saturated carbocycles. The van der Waals surface area contributed by atoms with E-state index in [1.807, 2.05) is 18.9 Å². The van der Waals surface area contributed by atoms with Gasteiger partial charge >= 0.3 is 5.97 Å². The monoisotopic (exact) mass is 375 g/mol. The SMILES string of the molecule is COC(=O)C(CC(=O)Cc1c(C)cc(C)cc1C)CC1CCN(OC)CC1. The second-order valence-corrected chi connectivity index (χ2v) is 7.81. The zero-order valence-electron chi connectivity index (χ0n) is 17.3. The number of methoxy groups -OCH3 is 1. The van der Waals surface area contributed by atoms with E-state index in [9.17, 15) is 9.59 Å². The topological polar surface area (TPSA) is 55.8 Å². The molecule has 1 aliphatic heterocycles. The summed E-state index contributed by atoms with van der Waals surface area (Å²) >= 11 is 0. The second-order valence-electron chi connectivity index (χ2n) is 7.81. The van der Waals surface area contributed by atoms with Gasteiger partial charge in [0, 0.05) is 25.9 Å². The van der Waals surface area contributed by atoms with E-state index in [0.29, 0.717) is 18.8 Å². The molecule has 5 nitrogen and oxygen atoms in total. The van der Waals surface area contributed by atoms with Crippen molar-refractivity contribution >= 4 is 11.8 Å². The molecule has 5 heteroatoms. The van der Waals surface area contributed by atoms with E-state index in [1.165, 1.54) is 12.7 Å². The summed E-state index contributed by atoms with van der Waals surface area (Å²) in [6.07, 6.45) is 3.30. The number of Topliss-reactive ketones (excluding diaryl/α,β-unsaturated/α-hetero) is 1. The van der Waals surface area contributed by atoms with Gasteiger partial charge in [0.25, 0.3) is 0 Å². The molecule has 0 spiro atoms. The smallest absolute Gasteiger partial charge is 0.309 e. The third-order valence-electron chi connectivity index (χ3n) is 5.67. The Morgan fingerprint density at radius 3 is 2.22 bits per heavy atom. The zero-order valence-corrected chi connectivity index (χ0v) is 17.3. The molecule has 1 unspecified atom stereocenters. The lowest BCUT2D eigenvalue weighted by atomic mass is 9.84. The van der Waals surface area contributed by atoms with Crippen LogP contribution in [-0.4, -0.2) is 44.1 Å². The van der Waals surface area contributed by atoms with Gasteiger partial charge in [0.2, 0.25) is 0 Å². The van der Waals surface area contributed by atoms with Crippen LogP contribution in [0.2, 0.25) is 0 Å². The highest BCUT2D eigenvalue weighted by Crippen LogP contribution is 2.27. The predicted octanol–water partition coefficient (Wildman–Crippen LogP) is 3.57. The molecule has 0 bridgehead atoms. The number of esters is 1. The molecule has 1 saturated heterocycles. The van der Waals surface area contributed by atoms with Crippen molar-refractivity contribution in [1.29, 1.82) is 0 Å². The molecule has 0 N–H and O–H groups in total. The molecule has 0 aromatic heterocycles. The van der Waals surface area contributed by atoms with Gasteiger partial charge in [-0.1, -0.05) is 17.7 Å². The number of ether oxygens (including phenoxy) is 1. The van der Waals surface area contributed by atoms with Crippen molar-refractivity contribution in [2.24, 2.45) is 11.8 Å². The Morgan fingerprint density at radius 1 is 1.11 bits per heavy atom. The highest BCUT2D eigenvalue weighted by molar-refractivity contribution is 5.86. The molecule has 1 aromatic carbocycles. The van der Waals surface area contributed by atoms with Gasteiger partial charge in [-0.15, -0.1) is 0 Å². The van der Waals surface area contributed by atoms with Crippen molar-refractivity contribution in [3.63, 3.8) is 0 Å². The van der Waals surface area contributed by atoms with Crippen molar-refractivity contribution in [2.45, 2.75) is 52.9 Å². The third kappa shape index (κ3) is 6.15. The first-order chi connectivity index (χ1) is 12.8. The number of hydroxylamine groups is 2. The van der Waals surface area contributed by atoms with E-state index >= 15 is 0 Å². The van der Waals surface area contributed by atoms with Crippen LogP contribution in [0.15, 0.2) is 12.1 Å². The first kappa shape index (κ1) is 21.6. The van der Waals surface area contributed by atoms with Gasteiger partial charge in [0.15, 0.2) is 0 Å². The van der Waals surface area contributed by atoms with Crippen LogP contribution >= 0.6 is 0 Å². The summed E-state index contributed by atoms with van der Waals surface area (Å²) in [5.41, 5.74) is 4.57. The Bertz CT molecular complexity index is 639. The number of rotatable bonds is 8. The number of benzene rings is 1. The van der Waals surface area contributed by atoms with E-state index in [1.54, 1.807) is 7.11 Å². The lowest BCUT2D eigenvalue weighted by molar-refractivity contribution is -0.153. The van der Waals surface area contributed by atoms with Crippen LogP contribution in [0.5, 0.6) is 0 Å². The van der Waals surface area contributed by atoms with E-state index in [2.05, 4.69) is 19.1 Å². The summed E-state index contributed by atoms with van der Waals surface area (Å²) in [6, 6.07) is 4.22. The zero-order chi connectivity index (χ0) is 20.0. The van der Waals surface area contributed by atoms with Crippen LogP contribution in [-0.2, 0) is 25.6 Å². The molecular weight excluding hydrogens is 342 g/mol. The Kier molecular flexibility index (Phi) is 7.99. The summed E-state index contributed by atoms with van der Waals surface area (Å²) in [4.78, 5) is 30.3. The molecule has 27 heavy (non-hydrogen) atoms. The van der Waals surface area contributed by atoms with Crippen molar-refractivity contribution in [3.05, 3.63) is 34.4 Å². The molecule has 1 atom stereocenters. The quantitative estimate of drug-likeness (QED) is 0.650. The minimum absolute atomic E-state index is 0.106. The van der Waals surface area contributed by atoms with Gasteiger partial charge in [0.1, 0.15) is 5.78 Å². The van der Waals surface area contributed by atoms with Crippen molar-refractivity contribution < 1.29 is 19.2 Å². The van der Waals surface area contributed by atoms with E-state index < -0.39 is 0 Å². The van der Waals surface area contributed by atoms with Crippen LogP contribution in [0, 0.1) is 32.6 Å². The number of carbonyl (C=O) groups is 2. The summed E-state index contributed by atoms with van der Waals surface area (Å²) in [7, 11) is 3.09. The van der Waals surface area contributed by atoms with Crippen LogP contribution in [0.3, 0.4) is 0 Å². The largest absolute Gasteiger partial charge is 0.469 e. The van der Waals surface area contributed by atoms with Crippen LogP contribution in [0.25, 0.3) is 0 Å². The van der Waals surface area contributed by atoms with Crippen molar-refractivity contribution in [2.75, 3.05) is 27.3 Å². The fourth-order valence-electron chi connectivity index (χ4n) is 4.19. The molecular formula is C22H33NO4. The normalized spacial score (nSPS) is 16.9. The number of hydrogen-bond acceptors (Lipinski definition) is 5. The molecule has 0 aliphatic carbocycles. The highest BCUT2D eigenvalue weighted by Gasteiger charge is 2.29. The Balaban J connectivity index is 1.99. The second kappa shape index (κ2) is 10.00. The highest BCUT2D eigenvalue weighted by atomic mass is 16.7. The van der Waals surface area contributed by atoms with Crippen LogP contribution < -0.4 is 0 Å². The molecule has 1 fully saturated rings. The summed E-state index contributed by atoms with van der Waals surface area (Å²) < 4.78 is 4.98. The number of nitrogens with zero attached hydrogens (tertiary/aromatic N) is 1. The maximum absolute atomic E-state index is 12.7. The minimum Gasteiger partial charge on any atom is -0.469 e. The summed E-state index contributed by atoms with van der Waals surface area (Å²) in [6.45, 7) is 7.89. The standard InChI is InChI=1S/C22H33NO4/c1-15-10-16(2)21(17(3)11-15)14-20(24)13-19(22(25)26-4)12-18-6-8-23(27-5)9-7-18/h10-11,18-19H,6-9,12-14H2,1-5H3. The van der Waals surface area contributed by atoms with Gasteiger partial charge in [-0.25, -0.2) is 0 Å². The average Bonchev–Trinajstić information content (AvgIpc) is 2.64. The lowest BCUT2D eigenvalue weighted by Gasteiger charge is -2.31. The maximum Gasteiger partial charge on any atom is 0.309 e. The van der Waals surface area contributed by atoms with Crippen LogP contribution in [0.4, 0.5) is 0 Å². The van der Waals surface area contributed by atoms with Gasteiger partial charge in [-0.2, -0.15) is 5.06 Å². The Morgan fingerprint density at radius 2 is 1.70 bits per heavy atom. The first-order valence-corrected chi connectivity index (χ1v) is 9.79.